The Morgan fingerprint density at radius 1 is 1.48 bits per heavy atom. The van der Waals surface area contributed by atoms with Gasteiger partial charge in [0.2, 0.25) is 5.91 Å². The maximum Gasteiger partial charge on any atom is 0.311 e. The first-order chi connectivity index (χ1) is 10.8. The Morgan fingerprint density at radius 3 is 2.74 bits per heavy atom. The molecule has 23 heavy (non-hydrogen) atoms. The third kappa shape index (κ3) is 3.58. The standard InChI is InChI=1S/C16H22ClN3O3/c1-16(2,15(22)23-3)11-5-4-6-20(9-11)14-12(17)7-10(8-19-14)13(18)21/h7-8,11H,4-6,9H2,1-3H3,(H2,18,21). The fraction of sp³-hybridized carbons (Fsp3) is 0.562. The number of primary amides is 1. The zero-order valence-electron chi connectivity index (χ0n) is 13.6. The van der Waals surface area contributed by atoms with Crippen molar-refractivity contribution in [2.45, 2.75) is 26.7 Å². The second kappa shape index (κ2) is 6.74. The van der Waals surface area contributed by atoms with Crippen molar-refractivity contribution in [1.82, 2.24) is 4.98 Å². The summed E-state index contributed by atoms with van der Waals surface area (Å²) in [5.41, 5.74) is 4.94. The molecule has 0 aromatic carbocycles. The van der Waals surface area contributed by atoms with Gasteiger partial charge in [-0.05, 0) is 38.7 Å². The number of ether oxygens (including phenoxy) is 1. The molecule has 1 atom stereocenters. The van der Waals surface area contributed by atoms with Gasteiger partial charge in [-0.2, -0.15) is 0 Å². The Bertz CT molecular complexity index is 619. The number of esters is 1. The van der Waals surface area contributed by atoms with Crippen LogP contribution in [0.4, 0.5) is 5.82 Å². The number of carbonyl (C=O) groups excluding carboxylic acids is 2. The minimum absolute atomic E-state index is 0.136. The van der Waals surface area contributed by atoms with Crippen molar-refractivity contribution in [3.63, 3.8) is 0 Å². The highest BCUT2D eigenvalue weighted by molar-refractivity contribution is 6.33. The molecule has 2 rings (SSSR count). The minimum Gasteiger partial charge on any atom is -0.469 e. The van der Waals surface area contributed by atoms with Gasteiger partial charge >= 0.3 is 5.97 Å². The molecule has 1 aromatic heterocycles. The molecule has 1 aliphatic rings. The second-order valence-corrected chi connectivity index (χ2v) is 6.80. The second-order valence-electron chi connectivity index (χ2n) is 6.39. The van der Waals surface area contributed by atoms with Crippen molar-refractivity contribution in [3.05, 3.63) is 22.8 Å². The fourth-order valence-electron chi connectivity index (χ4n) is 2.99. The molecule has 1 aromatic rings. The van der Waals surface area contributed by atoms with Crippen molar-refractivity contribution in [1.29, 1.82) is 0 Å². The molecule has 0 aliphatic carbocycles. The largest absolute Gasteiger partial charge is 0.469 e. The number of nitrogens with two attached hydrogens (primary N) is 1. The average molecular weight is 340 g/mol. The van der Waals surface area contributed by atoms with Gasteiger partial charge in [-0.1, -0.05) is 11.6 Å². The molecule has 2 N–H and O–H groups in total. The molecular formula is C16H22ClN3O3. The molecule has 1 unspecified atom stereocenters. The van der Waals surface area contributed by atoms with Crippen LogP contribution in [0, 0.1) is 11.3 Å². The highest BCUT2D eigenvalue weighted by Gasteiger charge is 2.40. The molecule has 7 heteroatoms. The van der Waals surface area contributed by atoms with Crippen LogP contribution in [0.25, 0.3) is 0 Å². The first kappa shape index (κ1) is 17.5. The molecule has 1 saturated heterocycles. The van der Waals surface area contributed by atoms with Gasteiger partial charge in [0.25, 0.3) is 0 Å². The Labute approximate surface area is 140 Å². The van der Waals surface area contributed by atoms with Crippen LogP contribution in [0.3, 0.4) is 0 Å². The topological polar surface area (TPSA) is 85.5 Å². The number of nitrogens with zero attached hydrogens (tertiary/aromatic N) is 2. The van der Waals surface area contributed by atoms with Gasteiger partial charge in [-0.15, -0.1) is 0 Å². The van der Waals surface area contributed by atoms with Gasteiger partial charge < -0.3 is 15.4 Å². The fourth-order valence-corrected chi connectivity index (χ4v) is 3.27. The van der Waals surface area contributed by atoms with E-state index in [2.05, 4.69) is 4.98 Å². The number of carbonyl (C=O) groups is 2. The Hall–Kier alpha value is -1.82. The van der Waals surface area contributed by atoms with E-state index in [1.54, 1.807) is 0 Å². The zero-order chi connectivity index (χ0) is 17.2. The van der Waals surface area contributed by atoms with Crippen LogP contribution in [0.15, 0.2) is 12.3 Å². The summed E-state index contributed by atoms with van der Waals surface area (Å²) in [6.45, 7) is 5.26. The Balaban J connectivity index is 2.22. The molecule has 1 fully saturated rings. The lowest BCUT2D eigenvalue weighted by molar-refractivity contribution is -0.154. The van der Waals surface area contributed by atoms with Gasteiger partial charge in [-0.25, -0.2) is 4.98 Å². The summed E-state index contributed by atoms with van der Waals surface area (Å²) in [6, 6.07) is 1.53. The van der Waals surface area contributed by atoms with E-state index in [1.165, 1.54) is 19.4 Å². The van der Waals surface area contributed by atoms with E-state index in [1.807, 2.05) is 18.7 Å². The number of hydrogen-bond donors (Lipinski definition) is 1. The zero-order valence-corrected chi connectivity index (χ0v) is 14.4. The van der Waals surface area contributed by atoms with E-state index in [0.29, 0.717) is 17.4 Å². The molecular weight excluding hydrogens is 318 g/mol. The normalized spacial score (nSPS) is 18.6. The average Bonchev–Trinajstić information content (AvgIpc) is 2.53. The van der Waals surface area contributed by atoms with Crippen molar-refractivity contribution in [2.24, 2.45) is 17.1 Å². The molecule has 2 heterocycles. The van der Waals surface area contributed by atoms with Crippen LogP contribution >= 0.6 is 11.6 Å². The number of methoxy groups -OCH3 is 1. The first-order valence-electron chi connectivity index (χ1n) is 7.56. The number of pyridine rings is 1. The van der Waals surface area contributed by atoms with Crippen molar-refractivity contribution in [3.8, 4) is 0 Å². The number of halogens is 1. The summed E-state index contributed by atoms with van der Waals surface area (Å²) in [5, 5.41) is 0.387. The molecule has 6 nitrogen and oxygen atoms in total. The SMILES string of the molecule is COC(=O)C(C)(C)C1CCCN(c2ncc(C(N)=O)cc2Cl)C1. The summed E-state index contributed by atoms with van der Waals surface area (Å²) in [4.78, 5) is 29.5. The van der Waals surface area contributed by atoms with Crippen LogP contribution < -0.4 is 10.6 Å². The third-order valence-corrected chi connectivity index (χ3v) is 4.84. The monoisotopic (exact) mass is 339 g/mol. The summed E-state index contributed by atoms with van der Waals surface area (Å²) in [6.07, 6.45) is 3.30. The third-order valence-electron chi connectivity index (χ3n) is 4.56. The van der Waals surface area contributed by atoms with Crippen molar-refractivity contribution >= 4 is 29.3 Å². The summed E-state index contributed by atoms with van der Waals surface area (Å²) in [5.74, 6) is -0.0267. The molecule has 0 saturated carbocycles. The van der Waals surface area contributed by atoms with Gasteiger partial charge in [0.05, 0.1) is 23.1 Å². The van der Waals surface area contributed by atoms with E-state index < -0.39 is 11.3 Å². The van der Waals surface area contributed by atoms with Crippen molar-refractivity contribution < 1.29 is 14.3 Å². The molecule has 1 amide bonds. The summed E-state index contributed by atoms with van der Waals surface area (Å²) < 4.78 is 4.92. The summed E-state index contributed by atoms with van der Waals surface area (Å²) >= 11 is 6.26. The lowest BCUT2D eigenvalue weighted by Crippen LogP contribution is -2.45. The van der Waals surface area contributed by atoms with E-state index >= 15 is 0 Å². The smallest absolute Gasteiger partial charge is 0.311 e. The van der Waals surface area contributed by atoms with Gasteiger partial charge in [0, 0.05) is 19.3 Å². The number of piperidine rings is 1. The van der Waals surface area contributed by atoms with E-state index in [4.69, 9.17) is 22.1 Å². The predicted molar refractivity (Wildman–Crippen MR) is 88.5 cm³/mol. The van der Waals surface area contributed by atoms with Gasteiger partial charge in [-0.3, -0.25) is 9.59 Å². The Kier molecular flexibility index (Phi) is 5.14. The van der Waals surface area contributed by atoms with Crippen LogP contribution in [0.5, 0.6) is 0 Å². The van der Waals surface area contributed by atoms with Crippen LogP contribution in [0.1, 0.15) is 37.0 Å². The molecule has 0 bridgehead atoms. The van der Waals surface area contributed by atoms with Crippen LogP contribution in [-0.4, -0.2) is 37.1 Å². The molecule has 0 radical (unpaired) electrons. The number of anilines is 1. The highest BCUT2D eigenvalue weighted by atomic mass is 35.5. The summed E-state index contributed by atoms with van der Waals surface area (Å²) in [7, 11) is 1.41. The lowest BCUT2D eigenvalue weighted by atomic mass is 9.74. The number of aromatic nitrogens is 1. The van der Waals surface area contributed by atoms with Crippen molar-refractivity contribution in [2.75, 3.05) is 25.1 Å². The first-order valence-corrected chi connectivity index (χ1v) is 7.94. The van der Waals surface area contributed by atoms with E-state index in [9.17, 15) is 9.59 Å². The van der Waals surface area contributed by atoms with Crippen LogP contribution in [0.2, 0.25) is 5.02 Å². The number of rotatable bonds is 4. The maximum absolute atomic E-state index is 12.0. The molecule has 126 valence electrons. The predicted octanol–water partition coefficient (Wildman–Crippen LogP) is 2.25. The highest BCUT2D eigenvalue weighted by Crippen LogP contribution is 2.37. The number of amides is 1. The van der Waals surface area contributed by atoms with E-state index in [0.717, 1.165) is 19.4 Å². The minimum atomic E-state index is -0.576. The molecule has 0 spiro atoms. The quantitative estimate of drug-likeness (QED) is 0.850. The maximum atomic E-state index is 12.0. The van der Waals surface area contributed by atoms with Crippen LogP contribution in [-0.2, 0) is 9.53 Å². The van der Waals surface area contributed by atoms with Gasteiger partial charge in [0.1, 0.15) is 5.82 Å². The number of hydrogen-bond acceptors (Lipinski definition) is 5. The lowest BCUT2D eigenvalue weighted by Gasteiger charge is -2.40. The van der Waals surface area contributed by atoms with E-state index in [-0.39, 0.29) is 17.5 Å². The molecule has 1 aliphatic heterocycles. The Morgan fingerprint density at radius 2 is 2.17 bits per heavy atom. The van der Waals surface area contributed by atoms with Gasteiger partial charge in [0.15, 0.2) is 0 Å².